The van der Waals surface area contributed by atoms with Crippen LogP contribution in [0.4, 0.5) is 0 Å². The number of allylic oxidation sites excluding steroid dienone is 1. The molecule has 0 N–H and O–H groups in total. The van der Waals surface area contributed by atoms with Gasteiger partial charge in [-0.15, -0.1) is 0 Å². The average Bonchev–Trinajstić information content (AvgIpc) is 2.35. The SMILES string of the molecule is COc1ccc2nccc(C=CC=O)c2c1. The van der Waals surface area contributed by atoms with Gasteiger partial charge in [0.25, 0.3) is 0 Å². The number of carbonyl (C=O) groups is 1. The summed E-state index contributed by atoms with van der Waals surface area (Å²) in [7, 11) is 1.62. The third-order valence-electron chi connectivity index (χ3n) is 2.34. The van der Waals surface area contributed by atoms with Crippen molar-refractivity contribution in [1.82, 2.24) is 4.98 Å². The summed E-state index contributed by atoms with van der Waals surface area (Å²) in [5, 5.41) is 0.972. The van der Waals surface area contributed by atoms with E-state index in [0.717, 1.165) is 28.5 Å². The number of methoxy groups -OCH3 is 1. The molecule has 3 nitrogen and oxygen atoms in total. The van der Waals surface area contributed by atoms with Crippen molar-refractivity contribution in [3.05, 3.63) is 42.1 Å². The Morgan fingerprint density at radius 2 is 2.19 bits per heavy atom. The Morgan fingerprint density at radius 1 is 1.31 bits per heavy atom. The maximum absolute atomic E-state index is 10.3. The molecule has 1 aromatic carbocycles. The van der Waals surface area contributed by atoms with Crippen molar-refractivity contribution in [3.63, 3.8) is 0 Å². The minimum Gasteiger partial charge on any atom is -0.497 e. The number of fused-ring (bicyclic) bond motifs is 1. The molecule has 1 aromatic heterocycles. The summed E-state index contributed by atoms with van der Waals surface area (Å²) in [6, 6.07) is 7.53. The van der Waals surface area contributed by atoms with Gasteiger partial charge >= 0.3 is 0 Å². The van der Waals surface area contributed by atoms with Crippen LogP contribution in [0.1, 0.15) is 5.56 Å². The van der Waals surface area contributed by atoms with Crippen molar-refractivity contribution in [2.24, 2.45) is 0 Å². The van der Waals surface area contributed by atoms with Gasteiger partial charge in [-0.3, -0.25) is 9.78 Å². The van der Waals surface area contributed by atoms with E-state index >= 15 is 0 Å². The summed E-state index contributed by atoms with van der Waals surface area (Å²) in [5.74, 6) is 0.779. The maximum Gasteiger partial charge on any atom is 0.142 e. The molecular weight excluding hydrogens is 202 g/mol. The van der Waals surface area contributed by atoms with Crippen LogP contribution in [0, 0.1) is 0 Å². The Hall–Kier alpha value is -2.16. The largest absolute Gasteiger partial charge is 0.497 e. The third kappa shape index (κ3) is 1.93. The van der Waals surface area contributed by atoms with Crippen molar-refractivity contribution in [2.45, 2.75) is 0 Å². The molecule has 0 bridgehead atoms. The van der Waals surface area contributed by atoms with Crippen molar-refractivity contribution in [3.8, 4) is 5.75 Å². The molecule has 0 aliphatic heterocycles. The van der Waals surface area contributed by atoms with Gasteiger partial charge in [0.1, 0.15) is 12.0 Å². The second-order valence-corrected chi connectivity index (χ2v) is 3.28. The van der Waals surface area contributed by atoms with Gasteiger partial charge in [-0.25, -0.2) is 0 Å². The number of benzene rings is 1. The highest BCUT2D eigenvalue weighted by Crippen LogP contribution is 2.23. The van der Waals surface area contributed by atoms with E-state index in [1.165, 1.54) is 6.08 Å². The van der Waals surface area contributed by atoms with Crippen LogP contribution in [0.5, 0.6) is 5.75 Å². The fourth-order valence-corrected chi connectivity index (χ4v) is 1.56. The lowest BCUT2D eigenvalue weighted by Crippen LogP contribution is -1.86. The van der Waals surface area contributed by atoms with Gasteiger partial charge in [-0.05, 0) is 35.9 Å². The normalized spacial score (nSPS) is 10.8. The first-order chi connectivity index (χ1) is 7.85. The zero-order valence-electron chi connectivity index (χ0n) is 8.88. The number of rotatable bonds is 3. The first-order valence-corrected chi connectivity index (χ1v) is 4.90. The Kier molecular flexibility index (Phi) is 2.96. The molecule has 0 spiro atoms. The number of ether oxygens (including phenoxy) is 1. The Labute approximate surface area is 93.4 Å². The number of hydrogen-bond acceptors (Lipinski definition) is 3. The highest BCUT2D eigenvalue weighted by atomic mass is 16.5. The molecule has 0 aliphatic carbocycles. The van der Waals surface area contributed by atoms with Crippen LogP contribution in [0.2, 0.25) is 0 Å². The highest BCUT2D eigenvalue weighted by Gasteiger charge is 2.00. The van der Waals surface area contributed by atoms with E-state index in [1.54, 1.807) is 19.4 Å². The molecule has 0 radical (unpaired) electrons. The minimum absolute atomic E-state index is 0.756. The van der Waals surface area contributed by atoms with Gasteiger partial charge in [0, 0.05) is 11.6 Å². The van der Waals surface area contributed by atoms with Crippen LogP contribution in [0.15, 0.2) is 36.5 Å². The van der Waals surface area contributed by atoms with Gasteiger partial charge in [0.2, 0.25) is 0 Å². The van der Waals surface area contributed by atoms with Gasteiger partial charge < -0.3 is 4.74 Å². The molecule has 0 aliphatic rings. The van der Waals surface area contributed by atoms with Crippen LogP contribution in [0.25, 0.3) is 17.0 Å². The Balaban J connectivity index is 2.63. The molecule has 16 heavy (non-hydrogen) atoms. The number of aldehydes is 1. The second kappa shape index (κ2) is 4.57. The fourth-order valence-electron chi connectivity index (χ4n) is 1.56. The first kappa shape index (κ1) is 10.4. The lowest BCUT2D eigenvalue weighted by Gasteiger charge is -2.04. The molecule has 1 heterocycles. The standard InChI is InChI=1S/C13H11NO2/c1-16-11-4-5-13-12(9-11)10(3-2-8-15)6-7-14-13/h2-9H,1H3. The van der Waals surface area contributed by atoms with E-state index in [9.17, 15) is 4.79 Å². The van der Waals surface area contributed by atoms with Crippen molar-refractivity contribution < 1.29 is 9.53 Å². The summed E-state index contributed by atoms with van der Waals surface area (Å²) in [4.78, 5) is 14.6. The maximum atomic E-state index is 10.3. The summed E-state index contributed by atoms with van der Waals surface area (Å²) in [6.07, 6.45) is 5.70. The Bertz CT molecular complexity index is 547. The fraction of sp³-hybridized carbons (Fsp3) is 0.0769. The molecular formula is C13H11NO2. The summed E-state index contributed by atoms with van der Waals surface area (Å²) < 4.78 is 5.16. The number of carbonyl (C=O) groups excluding carboxylic acids is 1. The molecule has 0 fully saturated rings. The molecule has 0 saturated heterocycles. The quantitative estimate of drug-likeness (QED) is 0.580. The van der Waals surface area contributed by atoms with Crippen molar-refractivity contribution in [2.75, 3.05) is 7.11 Å². The van der Waals surface area contributed by atoms with E-state index in [1.807, 2.05) is 24.3 Å². The summed E-state index contributed by atoms with van der Waals surface area (Å²) in [6.45, 7) is 0. The van der Waals surface area contributed by atoms with E-state index in [2.05, 4.69) is 4.98 Å². The van der Waals surface area contributed by atoms with Crippen molar-refractivity contribution >= 4 is 23.3 Å². The van der Waals surface area contributed by atoms with Crippen LogP contribution in [0.3, 0.4) is 0 Å². The van der Waals surface area contributed by atoms with Gasteiger partial charge in [-0.2, -0.15) is 0 Å². The topological polar surface area (TPSA) is 39.2 Å². The zero-order valence-corrected chi connectivity index (χ0v) is 8.88. The molecule has 80 valence electrons. The van der Waals surface area contributed by atoms with E-state index in [0.29, 0.717) is 0 Å². The van der Waals surface area contributed by atoms with E-state index in [4.69, 9.17) is 4.74 Å². The summed E-state index contributed by atoms with van der Waals surface area (Å²) in [5.41, 5.74) is 1.84. The lowest BCUT2D eigenvalue weighted by molar-refractivity contribution is -0.104. The molecule has 0 atom stereocenters. The third-order valence-corrected chi connectivity index (χ3v) is 2.34. The molecule has 2 aromatic rings. The predicted molar refractivity (Wildman–Crippen MR) is 63.4 cm³/mol. The summed E-state index contributed by atoms with van der Waals surface area (Å²) >= 11 is 0. The average molecular weight is 213 g/mol. The van der Waals surface area contributed by atoms with Crippen LogP contribution in [-0.4, -0.2) is 18.4 Å². The number of pyridine rings is 1. The Morgan fingerprint density at radius 3 is 2.94 bits per heavy atom. The highest BCUT2D eigenvalue weighted by molar-refractivity contribution is 5.90. The van der Waals surface area contributed by atoms with E-state index in [-0.39, 0.29) is 0 Å². The number of hydrogen-bond donors (Lipinski definition) is 0. The molecule has 0 saturated carbocycles. The molecule has 0 amide bonds. The first-order valence-electron chi connectivity index (χ1n) is 4.90. The molecule has 0 unspecified atom stereocenters. The molecule has 3 heteroatoms. The van der Waals surface area contributed by atoms with Crippen LogP contribution >= 0.6 is 0 Å². The zero-order chi connectivity index (χ0) is 11.4. The van der Waals surface area contributed by atoms with Crippen molar-refractivity contribution in [1.29, 1.82) is 0 Å². The monoisotopic (exact) mass is 213 g/mol. The minimum atomic E-state index is 0.756. The van der Waals surface area contributed by atoms with Gasteiger partial charge in [0.05, 0.1) is 12.6 Å². The lowest BCUT2D eigenvalue weighted by atomic mass is 10.1. The van der Waals surface area contributed by atoms with E-state index < -0.39 is 0 Å². The smallest absolute Gasteiger partial charge is 0.142 e. The van der Waals surface area contributed by atoms with Gasteiger partial charge in [-0.1, -0.05) is 6.08 Å². The number of nitrogens with zero attached hydrogens (tertiary/aromatic N) is 1. The predicted octanol–water partition coefficient (Wildman–Crippen LogP) is 2.46. The molecule has 2 rings (SSSR count). The van der Waals surface area contributed by atoms with Crippen LogP contribution < -0.4 is 4.74 Å². The van der Waals surface area contributed by atoms with Crippen LogP contribution in [-0.2, 0) is 4.79 Å². The second-order valence-electron chi connectivity index (χ2n) is 3.28. The number of aromatic nitrogens is 1. The van der Waals surface area contributed by atoms with Gasteiger partial charge in [0.15, 0.2) is 0 Å².